The molecule has 37 heavy (non-hydrogen) atoms. The molecule has 3 aromatic carbocycles. The van der Waals surface area contributed by atoms with E-state index in [1.165, 1.54) is 22.4 Å². The number of hydrogen-bond donors (Lipinski definition) is 0. The lowest BCUT2D eigenvalue weighted by molar-refractivity contribution is -0.384. The molecule has 0 saturated carbocycles. The summed E-state index contributed by atoms with van der Waals surface area (Å²) in [6.45, 7) is 3.52. The molecule has 4 aromatic rings. The van der Waals surface area contributed by atoms with E-state index in [2.05, 4.69) is 34.2 Å². The van der Waals surface area contributed by atoms with E-state index < -0.39 is 4.92 Å². The van der Waals surface area contributed by atoms with Gasteiger partial charge in [0, 0.05) is 49.7 Å². The SMILES string of the molecule is Cc1c(N=Cc2cc([N+](=O)[O-])ccc2N2CCC(c3ccccc3)CC2)c(=O)n(C)n1-c1ccccc1. The molecule has 0 radical (unpaired) electrons. The zero-order chi connectivity index (χ0) is 25.9. The fourth-order valence-corrected chi connectivity index (χ4v) is 5.17. The van der Waals surface area contributed by atoms with Crippen LogP contribution in [0.2, 0.25) is 0 Å². The maximum Gasteiger partial charge on any atom is 0.292 e. The van der Waals surface area contributed by atoms with Gasteiger partial charge in [-0.2, -0.15) is 0 Å². The number of aromatic nitrogens is 2. The molecule has 1 aliphatic heterocycles. The number of nitrogens with zero attached hydrogens (tertiary/aromatic N) is 5. The standard InChI is InChI=1S/C29H29N5O3/c1-21-28(29(35)31(2)33(21)25-11-7-4-8-12-25)30-20-24-19-26(34(36)37)13-14-27(24)32-17-15-23(16-18-32)22-9-5-3-6-10-22/h3-14,19-20,23H,15-18H2,1-2H3. The average Bonchev–Trinajstić information content (AvgIpc) is 3.15. The number of hydrogen-bond acceptors (Lipinski definition) is 5. The molecule has 0 spiro atoms. The molecule has 1 aromatic heterocycles. The molecule has 0 bridgehead atoms. The topological polar surface area (TPSA) is 85.7 Å². The quantitative estimate of drug-likeness (QED) is 0.200. The van der Waals surface area contributed by atoms with E-state index >= 15 is 0 Å². The Balaban J connectivity index is 1.46. The smallest absolute Gasteiger partial charge is 0.292 e. The normalized spacial score (nSPS) is 14.4. The van der Waals surface area contributed by atoms with Crippen molar-refractivity contribution in [1.29, 1.82) is 0 Å². The number of benzene rings is 3. The van der Waals surface area contributed by atoms with Crippen LogP contribution < -0.4 is 10.5 Å². The Kier molecular flexibility index (Phi) is 6.72. The second-order valence-corrected chi connectivity index (χ2v) is 9.34. The first-order valence-electron chi connectivity index (χ1n) is 12.4. The van der Waals surface area contributed by atoms with Crippen molar-refractivity contribution in [3.05, 3.63) is 116 Å². The Labute approximate surface area is 215 Å². The summed E-state index contributed by atoms with van der Waals surface area (Å²) in [6.07, 6.45) is 3.58. The molecular weight excluding hydrogens is 466 g/mol. The first kappa shape index (κ1) is 24.2. The predicted molar refractivity (Wildman–Crippen MR) is 147 cm³/mol. The molecule has 2 heterocycles. The van der Waals surface area contributed by atoms with Gasteiger partial charge in [-0.3, -0.25) is 19.6 Å². The van der Waals surface area contributed by atoms with Crippen LogP contribution in [0.1, 0.15) is 35.6 Å². The molecule has 5 rings (SSSR count). The number of para-hydroxylation sites is 1. The Bertz CT molecular complexity index is 1500. The fourth-order valence-electron chi connectivity index (χ4n) is 5.17. The van der Waals surface area contributed by atoms with Crippen LogP contribution in [0.5, 0.6) is 0 Å². The van der Waals surface area contributed by atoms with Gasteiger partial charge in [-0.25, -0.2) is 9.67 Å². The largest absolute Gasteiger partial charge is 0.371 e. The van der Waals surface area contributed by atoms with Crippen molar-refractivity contribution in [2.24, 2.45) is 12.0 Å². The summed E-state index contributed by atoms with van der Waals surface area (Å²) in [4.78, 5) is 31.0. The van der Waals surface area contributed by atoms with Crippen LogP contribution in [-0.4, -0.2) is 33.6 Å². The van der Waals surface area contributed by atoms with Crippen LogP contribution in [0, 0.1) is 17.0 Å². The van der Waals surface area contributed by atoms with Gasteiger partial charge in [-0.15, -0.1) is 0 Å². The van der Waals surface area contributed by atoms with E-state index in [4.69, 9.17) is 0 Å². The van der Waals surface area contributed by atoms with Gasteiger partial charge in [0.15, 0.2) is 5.69 Å². The second-order valence-electron chi connectivity index (χ2n) is 9.34. The first-order chi connectivity index (χ1) is 17.9. The van der Waals surface area contributed by atoms with Crippen LogP contribution in [0.15, 0.2) is 88.6 Å². The molecular formula is C29H29N5O3. The number of piperidine rings is 1. The zero-order valence-electron chi connectivity index (χ0n) is 20.9. The second kappa shape index (κ2) is 10.3. The Morgan fingerprint density at radius 2 is 1.62 bits per heavy atom. The highest BCUT2D eigenvalue weighted by Crippen LogP contribution is 2.33. The lowest BCUT2D eigenvalue weighted by Gasteiger charge is -2.34. The summed E-state index contributed by atoms with van der Waals surface area (Å²) in [6, 6.07) is 25.0. The highest BCUT2D eigenvalue weighted by molar-refractivity contribution is 5.90. The molecule has 0 atom stereocenters. The van der Waals surface area contributed by atoms with Gasteiger partial charge < -0.3 is 4.90 Å². The van der Waals surface area contributed by atoms with Gasteiger partial charge in [0.05, 0.1) is 16.3 Å². The number of aliphatic imine (C=N–C) groups is 1. The van der Waals surface area contributed by atoms with Gasteiger partial charge in [0.25, 0.3) is 11.2 Å². The van der Waals surface area contributed by atoms with E-state index in [1.54, 1.807) is 19.3 Å². The van der Waals surface area contributed by atoms with Crippen molar-refractivity contribution in [3.63, 3.8) is 0 Å². The average molecular weight is 496 g/mol. The lowest BCUT2D eigenvalue weighted by atomic mass is 9.89. The number of anilines is 1. The number of non-ortho nitro benzene ring substituents is 1. The Morgan fingerprint density at radius 3 is 2.27 bits per heavy atom. The Morgan fingerprint density at radius 1 is 0.973 bits per heavy atom. The molecule has 1 saturated heterocycles. The summed E-state index contributed by atoms with van der Waals surface area (Å²) in [5.74, 6) is 0.496. The van der Waals surface area contributed by atoms with Crippen LogP contribution in [0.3, 0.4) is 0 Å². The highest BCUT2D eigenvalue weighted by Gasteiger charge is 2.23. The summed E-state index contributed by atoms with van der Waals surface area (Å²) >= 11 is 0. The molecule has 0 N–H and O–H groups in total. The van der Waals surface area contributed by atoms with Gasteiger partial charge >= 0.3 is 0 Å². The van der Waals surface area contributed by atoms with Crippen LogP contribution in [0.25, 0.3) is 5.69 Å². The summed E-state index contributed by atoms with van der Waals surface area (Å²) in [7, 11) is 1.71. The van der Waals surface area contributed by atoms with Crippen molar-refractivity contribution < 1.29 is 4.92 Å². The van der Waals surface area contributed by atoms with Gasteiger partial charge in [0.2, 0.25) is 0 Å². The molecule has 1 fully saturated rings. The van der Waals surface area contributed by atoms with E-state index in [0.717, 1.165) is 37.3 Å². The molecule has 8 heteroatoms. The van der Waals surface area contributed by atoms with E-state index in [-0.39, 0.29) is 11.2 Å². The highest BCUT2D eigenvalue weighted by atomic mass is 16.6. The van der Waals surface area contributed by atoms with E-state index in [9.17, 15) is 14.9 Å². The van der Waals surface area contributed by atoms with Crippen molar-refractivity contribution in [2.45, 2.75) is 25.7 Å². The molecule has 1 aliphatic rings. The first-order valence-corrected chi connectivity index (χ1v) is 12.4. The van der Waals surface area contributed by atoms with Gasteiger partial charge in [0.1, 0.15) is 0 Å². The van der Waals surface area contributed by atoms with E-state index in [0.29, 0.717) is 22.9 Å². The predicted octanol–water partition coefficient (Wildman–Crippen LogP) is 5.53. The minimum absolute atomic E-state index is 0.00384. The van der Waals surface area contributed by atoms with Crippen molar-refractivity contribution in [1.82, 2.24) is 9.36 Å². The summed E-state index contributed by atoms with van der Waals surface area (Å²) < 4.78 is 3.35. The van der Waals surface area contributed by atoms with Gasteiger partial charge in [-0.05, 0) is 49.4 Å². The molecule has 0 amide bonds. The number of rotatable bonds is 6. The number of nitro groups is 1. The van der Waals surface area contributed by atoms with Crippen LogP contribution >= 0.6 is 0 Å². The Hall–Kier alpha value is -4.46. The van der Waals surface area contributed by atoms with Crippen LogP contribution in [-0.2, 0) is 7.05 Å². The van der Waals surface area contributed by atoms with E-state index in [1.807, 2.05) is 48.0 Å². The third kappa shape index (κ3) is 4.82. The van der Waals surface area contributed by atoms with Crippen molar-refractivity contribution in [3.8, 4) is 5.69 Å². The molecule has 8 nitrogen and oxygen atoms in total. The van der Waals surface area contributed by atoms with Crippen molar-refractivity contribution in [2.75, 3.05) is 18.0 Å². The zero-order valence-corrected chi connectivity index (χ0v) is 20.9. The van der Waals surface area contributed by atoms with Crippen molar-refractivity contribution >= 4 is 23.3 Å². The maximum atomic E-state index is 13.0. The van der Waals surface area contributed by atoms with Gasteiger partial charge in [-0.1, -0.05) is 48.5 Å². The minimum atomic E-state index is -0.404. The molecule has 0 unspecified atom stereocenters. The summed E-state index contributed by atoms with van der Waals surface area (Å²) in [5, 5.41) is 11.5. The fraction of sp³-hybridized carbons (Fsp3) is 0.241. The molecule has 188 valence electrons. The molecule has 0 aliphatic carbocycles. The van der Waals surface area contributed by atoms with Crippen LogP contribution in [0.4, 0.5) is 17.1 Å². The third-order valence-corrected chi connectivity index (χ3v) is 7.12. The number of nitro benzene ring substituents is 1. The monoisotopic (exact) mass is 495 g/mol. The summed E-state index contributed by atoms with van der Waals surface area (Å²) in [5.41, 5.74) is 4.50. The lowest BCUT2D eigenvalue weighted by Crippen LogP contribution is -2.33. The maximum absolute atomic E-state index is 13.0. The third-order valence-electron chi connectivity index (χ3n) is 7.12. The minimum Gasteiger partial charge on any atom is -0.371 e.